The Kier molecular flexibility index (Phi) is 4.26. The highest BCUT2D eigenvalue weighted by molar-refractivity contribution is 6.30. The molecule has 1 atom stereocenters. The number of allylic oxidation sites excluding steroid dienone is 1. The average molecular weight is 369 g/mol. The van der Waals surface area contributed by atoms with Gasteiger partial charge in [0.2, 0.25) is 5.95 Å². The molecule has 2 heterocycles. The van der Waals surface area contributed by atoms with Crippen molar-refractivity contribution < 1.29 is 9.47 Å². The minimum Gasteiger partial charge on any atom is -0.497 e. The number of hydrogen-bond acceptors (Lipinski definition) is 5. The molecular weight excluding hydrogens is 352 g/mol. The Balaban J connectivity index is 1.85. The molecule has 0 amide bonds. The monoisotopic (exact) mass is 368 g/mol. The van der Waals surface area contributed by atoms with Crippen LogP contribution < -0.4 is 14.8 Å². The molecule has 0 bridgehead atoms. The first kappa shape index (κ1) is 16.5. The second-order valence-electron chi connectivity index (χ2n) is 5.79. The molecule has 6 nitrogen and oxygen atoms in total. The Morgan fingerprint density at radius 1 is 1.08 bits per heavy atom. The molecule has 132 valence electrons. The Morgan fingerprint density at radius 3 is 2.62 bits per heavy atom. The number of nitrogens with zero attached hydrogens (tertiary/aromatic N) is 3. The number of methoxy groups -OCH3 is 2. The molecule has 1 aliphatic heterocycles. The van der Waals surface area contributed by atoms with E-state index in [1.165, 1.54) is 6.33 Å². The normalized spacial score (nSPS) is 15.7. The van der Waals surface area contributed by atoms with Gasteiger partial charge in [0.05, 0.1) is 14.2 Å². The second kappa shape index (κ2) is 6.72. The third-order valence-corrected chi connectivity index (χ3v) is 4.57. The lowest BCUT2D eigenvalue weighted by atomic mass is 10.0. The van der Waals surface area contributed by atoms with Gasteiger partial charge in [0, 0.05) is 16.3 Å². The molecule has 2 aromatic carbocycles. The number of nitrogens with one attached hydrogen (secondary N) is 1. The minimum absolute atomic E-state index is 0.190. The zero-order chi connectivity index (χ0) is 18.1. The number of halogens is 1. The summed E-state index contributed by atoms with van der Waals surface area (Å²) in [5, 5.41) is 8.38. The van der Waals surface area contributed by atoms with E-state index < -0.39 is 0 Å². The van der Waals surface area contributed by atoms with Gasteiger partial charge in [0.15, 0.2) is 0 Å². The van der Waals surface area contributed by atoms with Crippen molar-refractivity contribution in [2.24, 2.45) is 0 Å². The van der Waals surface area contributed by atoms with Crippen LogP contribution in [0.2, 0.25) is 5.02 Å². The Morgan fingerprint density at radius 2 is 1.88 bits per heavy atom. The predicted octanol–water partition coefficient (Wildman–Crippen LogP) is 4.00. The topological polar surface area (TPSA) is 61.2 Å². The quantitative estimate of drug-likeness (QED) is 0.754. The highest BCUT2D eigenvalue weighted by Crippen LogP contribution is 2.37. The Bertz CT molecular complexity index is 966. The van der Waals surface area contributed by atoms with E-state index in [4.69, 9.17) is 21.1 Å². The number of hydrogen-bond donors (Lipinski definition) is 1. The minimum atomic E-state index is -0.190. The van der Waals surface area contributed by atoms with Gasteiger partial charge in [-0.1, -0.05) is 23.7 Å². The summed E-state index contributed by atoms with van der Waals surface area (Å²) < 4.78 is 12.8. The Hall–Kier alpha value is -2.99. The molecule has 1 aromatic heterocycles. The maximum atomic E-state index is 6.01. The summed E-state index contributed by atoms with van der Waals surface area (Å²) in [6.45, 7) is 0. The van der Waals surface area contributed by atoms with Gasteiger partial charge < -0.3 is 14.8 Å². The highest BCUT2D eigenvalue weighted by Gasteiger charge is 2.26. The molecule has 7 heteroatoms. The average Bonchev–Trinajstić information content (AvgIpc) is 3.16. The standard InChI is InChI=1S/C19H17ClN4O2/c1-25-14-7-8-18(26-2)15(9-14)17-10-16(12-3-5-13(20)6-4-12)23-19-21-11-22-24(17)19/h3-11,17H,1-2H3,(H,21,22,23). The molecule has 1 N–H and O–H groups in total. The van der Waals surface area contributed by atoms with Gasteiger partial charge in [-0.05, 0) is 42.0 Å². The van der Waals surface area contributed by atoms with Crippen molar-refractivity contribution in [3.63, 3.8) is 0 Å². The first-order valence-electron chi connectivity index (χ1n) is 8.06. The summed E-state index contributed by atoms with van der Waals surface area (Å²) in [6, 6.07) is 13.2. The summed E-state index contributed by atoms with van der Waals surface area (Å²) in [5.41, 5.74) is 2.87. The van der Waals surface area contributed by atoms with Crippen molar-refractivity contribution in [3.8, 4) is 11.5 Å². The fourth-order valence-electron chi connectivity index (χ4n) is 3.02. The number of anilines is 1. The summed E-state index contributed by atoms with van der Waals surface area (Å²) in [4.78, 5) is 4.33. The van der Waals surface area contributed by atoms with Crippen molar-refractivity contribution in [2.45, 2.75) is 6.04 Å². The highest BCUT2D eigenvalue weighted by atomic mass is 35.5. The van der Waals surface area contributed by atoms with E-state index in [1.807, 2.05) is 47.1 Å². The third kappa shape index (κ3) is 2.88. The first-order chi connectivity index (χ1) is 12.7. The van der Waals surface area contributed by atoms with Gasteiger partial charge >= 0.3 is 0 Å². The lowest BCUT2D eigenvalue weighted by Gasteiger charge is -2.25. The van der Waals surface area contributed by atoms with Gasteiger partial charge in [0.25, 0.3) is 0 Å². The van der Waals surface area contributed by atoms with Crippen molar-refractivity contribution in [3.05, 3.63) is 71.0 Å². The van der Waals surface area contributed by atoms with E-state index in [0.29, 0.717) is 11.0 Å². The molecular formula is C19H17ClN4O2. The van der Waals surface area contributed by atoms with Crippen LogP contribution in [-0.2, 0) is 0 Å². The maximum Gasteiger partial charge on any atom is 0.226 e. The van der Waals surface area contributed by atoms with E-state index in [1.54, 1.807) is 14.2 Å². The van der Waals surface area contributed by atoms with E-state index in [0.717, 1.165) is 28.3 Å². The van der Waals surface area contributed by atoms with Crippen molar-refractivity contribution in [2.75, 3.05) is 19.5 Å². The number of ether oxygens (including phenoxy) is 2. The SMILES string of the molecule is COc1ccc(OC)c(C2C=C(c3ccc(Cl)cc3)Nc3ncnn32)c1. The van der Waals surface area contributed by atoms with Gasteiger partial charge in [-0.15, -0.1) is 0 Å². The van der Waals surface area contributed by atoms with Crippen LogP contribution in [0.3, 0.4) is 0 Å². The van der Waals surface area contributed by atoms with Crippen LogP contribution in [0.25, 0.3) is 5.70 Å². The molecule has 0 spiro atoms. The van der Waals surface area contributed by atoms with Crippen LogP contribution in [0.1, 0.15) is 17.2 Å². The summed E-state index contributed by atoms with van der Waals surface area (Å²) in [7, 11) is 3.29. The predicted molar refractivity (Wildman–Crippen MR) is 101 cm³/mol. The molecule has 0 saturated carbocycles. The molecule has 26 heavy (non-hydrogen) atoms. The fourth-order valence-corrected chi connectivity index (χ4v) is 3.15. The second-order valence-corrected chi connectivity index (χ2v) is 6.23. The molecule has 3 aromatic rings. The van der Waals surface area contributed by atoms with E-state index >= 15 is 0 Å². The maximum absolute atomic E-state index is 6.01. The summed E-state index contributed by atoms with van der Waals surface area (Å²) in [6.07, 6.45) is 3.61. The first-order valence-corrected chi connectivity index (χ1v) is 8.43. The van der Waals surface area contributed by atoms with Crippen LogP contribution in [-0.4, -0.2) is 29.0 Å². The Labute approximate surface area is 156 Å². The number of aromatic nitrogens is 3. The number of rotatable bonds is 4. The van der Waals surface area contributed by atoms with Crippen molar-refractivity contribution in [1.82, 2.24) is 14.8 Å². The zero-order valence-electron chi connectivity index (χ0n) is 14.3. The molecule has 1 aliphatic rings. The molecule has 4 rings (SSSR count). The van der Waals surface area contributed by atoms with Gasteiger partial charge in [-0.2, -0.15) is 10.1 Å². The summed E-state index contributed by atoms with van der Waals surface area (Å²) >= 11 is 6.01. The zero-order valence-corrected chi connectivity index (χ0v) is 15.1. The van der Waals surface area contributed by atoms with Crippen molar-refractivity contribution >= 4 is 23.2 Å². The largest absolute Gasteiger partial charge is 0.497 e. The number of fused-ring (bicyclic) bond motifs is 1. The van der Waals surface area contributed by atoms with Crippen LogP contribution in [0.15, 0.2) is 54.9 Å². The lowest BCUT2D eigenvalue weighted by Crippen LogP contribution is -2.20. The van der Waals surface area contributed by atoms with Crippen LogP contribution in [0.5, 0.6) is 11.5 Å². The van der Waals surface area contributed by atoms with Gasteiger partial charge in [-0.25, -0.2) is 4.68 Å². The third-order valence-electron chi connectivity index (χ3n) is 4.32. The molecule has 1 unspecified atom stereocenters. The van der Waals surface area contributed by atoms with Crippen LogP contribution in [0, 0.1) is 0 Å². The molecule has 0 radical (unpaired) electrons. The van der Waals surface area contributed by atoms with Gasteiger partial charge in [0.1, 0.15) is 23.9 Å². The van der Waals surface area contributed by atoms with E-state index in [9.17, 15) is 0 Å². The molecule has 0 saturated heterocycles. The van der Waals surface area contributed by atoms with E-state index in [2.05, 4.69) is 21.5 Å². The van der Waals surface area contributed by atoms with E-state index in [-0.39, 0.29) is 6.04 Å². The molecule has 0 aliphatic carbocycles. The van der Waals surface area contributed by atoms with Crippen molar-refractivity contribution in [1.29, 1.82) is 0 Å². The lowest BCUT2D eigenvalue weighted by molar-refractivity contribution is 0.394. The summed E-state index contributed by atoms with van der Waals surface area (Å²) in [5.74, 6) is 2.17. The van der Waals surface area contributed by atoms with Crippen LogP contribution >= 0.6 is 11.6 Å². The fraction of sp³-hybridized carbons (Fsp3) is 0.158. The van der Waals surface area contributed by atoms with Gasteiger partial charge in [-0.3, -0.25) is 0 Å². The number of benzene rings is 2. The smallest absolute Gasteiger partial charge is 0.226 e. The molecule has 0 fully saturated rings. The van der Waals surface area contributed by atoms with Crippen LogP contribution in [0.4, 0.5) is 5.95 Å².